The fourth-order valence-corrected chi connectivity index (χ4v) is 3.49. The average molecular weight is 433 g/mol. The molecule has 0 atom stereocenters. The van der Waals surface area contributed by atoms with Crippen LogP contribution in [-0.2, 0) is 13.1 Å². The second-order valence-electron chi connectivity index (χ2n) is 5.82. The maximum Gasteiger partial charge on any atom is 0.329 e. The molecule has 0 saturated heterocycles. The molecular formula is C18H17BrN4O4. The lowest BCUT2D eigenvalue weighted by molar-refractivity contribution is -0.385. The molecule has 0 aliphatic carbocycles. The monoisotopic (exact) mass is 432 g/mol. The maximum atomic E-state index is 12.6. The van der Waals surface area contributed by atoms with Crippen LogP contribution < -0.4 is 11.0 Å². The third kappa shape index (κ3) is 3.25. The number of carbonyl (C=O) groups excluding carboxylic acids is 1. The van der Waals surface area contributed by atoms with E-state index < -0.39 is 10.8 Å². The molecule has 0 aliphatic rings. The Morgan fingerprint density at radius 1 is 1.15 bits per heavy atom. The van der Waals surface area contributed by atoms with E-state index in [9.17, 15) is 19.7 Å². The number of hydrogen-bond acceptors (Lipinski definition) is 4. The Morgan fingerprint density at radius 3 is 2.33 bits per heavy atom. The molecule has 0 spiro atoms. The van der Waals surface area contributed by atoms with Crippen molar-refractivity contribution >= 4 is 44.2 Å². The van der Waals surface area contributed by atoms with Gasteiger partial charge in [-0.05, 0) is 48.0 Å². The van der Waals surface area contributed by atoms with E-state index in [0.717, 1.165) is 5.52 Å². The van der Waals surface area contributed by atoms with Gasteiger partial charge in [0.05, 0.1) is 21.6 Å². The van der Waals surface area contributed by atoms with E-state index in [4.69, 9.17) is 0 Å². The Kier molecular flexibility index (Phi) is 5.13. The van der Waals surface area contributed by atoms with Gasteiger partial charge in [-0.15, -0.1) is 0 Å². The van der Waals surface area contributed by atoms with Crippen molar-refractivity contribution in [2.45, 2.75) is 26.9 Å². The van der Waals surface area contributed by atoms with Crippen LogP contribution in [-0.4, -0.2) is 20.0 Å². The standard InChI is InChI=1S/C18H17BrN4O4/c1-3-21-15-9-12(19)13(10-16(15)22(4-2)18(21)25)20-17(24)11-7-5-6-8-14(11)23(26)27/h5-10H,3-4H2,1-2H3,(H,20,24). The molecule has 0 aliphatic heterocycles. The summed E-state index contributed by atoms with van der Waals surface area (Å²) in [5.41, 5.74) is 1.44. The summed E-state index contributed by atoms with van der Waals surface area (Å²) < 4.78 is 3.85. The summed E-state index contributed by atoms with van der Waals surface area (Å²) >= 11 is 3.41. The summed E-state index contributed by atoms with van der Waals surface area (Å²) in [6.45, 7) is 4.77. The highest BCUT2D eigenvalue weighted by Gasteiger charge is 2.21. The summed E-state index contributed by atoms with van der Waals surface area (Å²) in [6.07, 6.45) is 0. The minimum absolute atomic E-state index is 0.0338. The molecule has 140 valence electrons. The number of nitro benzene ring substituents is 1. The van der Waals surface area contributed by atoms with Crippen LogP contribution >= 0.6 is 15.9 Å². The van der Waals surface area contributed by atoms with Gasteiger partial charge >= 0.3 is 5.69 Å². The molecule has 2 aromatic carbocycles. The third-order valence-electron chi connectivity index (χ3n) is 4.33. The van der Waals surface area contributed by atoms with Crippen molar-refractivity contribution in [3.63, 3.8) is 0 Å². The minimum atomic E-state index is -0.595. The predicted molar refractivity (Wildman–Crippen MR) is 106 cm³/mol. The number of para-hydroxylation sites is 1. The van der Waals surface area contributed by atoms with Crippen molar-refractivity contribution in [3.8, 4) is 0 Å². The van der Waals surface area contributed by atoms with Crippen molar-refractivity contribution in [2.24, 2.45) is 0 Å². The van der Waals surface area contributed by atoms with Crippen molar-refractivity contribution in [2.75, 3.05) is 5.32 Å². The van der Waals surface area contributed by atoms with E-state index in [0.29, 0.717) is 28.8 Å². The fourth-order valence-electron chi connectivity index (χ4n) is 3.06. The lowest BCUT2D eigenvalue weighted by Crippen LogP contribution is -2.23. The fraction of sp³-hybridized carbons (Fsp3) is 0.222. The lowest BCUT2D eigenvalue weighted by Gasteiger charge is -2.09. The first-order valence-electron chi connectivity index (χ1n) is 8.36. The van der Waals surface area contributed by atoms with E-state index >= 15 is 0 Å². The molecule has 3 aromatic rings. The van der Waals surface area contributed by atoms with Crippen molar-refractivity contribution < 1.29 is 9.72 Å². The Balaban J connectivity index is 2.08. The Labute approximate surface area is 162 Å². The number of rotatable bonds is 5. The lowest BCUT2D eigenvalue weighted by atomic mass is 10.1. The Morgan fingerprint density at radius 2 is 1.74 bits per heavy atom. The van der Waals surface area contributed by atoms with E-state index in [2.05, 4.69) is 21.2 Å². The molecule has 0 radical (unpaired) electrons. The zero-order chi connectivity index (χ0) is 19.7. The van der Waals surface area contributed by atoms with Gasteiger partial charge in [-0.25, -0.2) is 4.79 Å². The van der Waals surface area contributed by atoms with Gasteiger partial charge in [0.15, 0.2) is 0 Å². The number of amides is 1. The number of anilines is 1. The zero-order valence-corrected chi connectivity index (χ0v) is 16.3. The molecule has 0 bridgehead atoms. The molecule has 0 fully saturated rings. The van der Waals surface area contributed by atoms with Crippen LogP contribution in [0.15, 0.2) is 45.7 Å². The molecule has 0 saturated carbocycles. The summed E-state index contributed by atoms with van der Waals surface area (Å²) in [7, 11) is 0. The van der Waals surface area contributed by atoms with Crippen LogP contribution in [0.25, 0.3) is 11.0 Å². The molecule has 1 amide bonds. The number of fused-ring (bicyclic) bond motifs is 1. The van der Waals surface area contributed by atoms with E-state index in [-0.39, 0.29) is 16.9 Å². The summed E-state index contributed by atoms with van der Waals surface area (Å²) in [5.74, 6) is -0.595. The van der Waals surface area contributed by atoms with Gasteiger partial charge in [0, 0.05) is 23.6 Å². The van der Waals surface area contributed by atoms with Gasteiger partial charge in [0.2, 0.25) is 0 Å². The zero-order valence-electron chi connectivity index (χ0n) is 14.7. The summed E-state index contributed by atoms with van der Waals surface area (Å²) in [6, 6.07) is 9.21. The van der Waals surface area contributed by atoms with Gasteiger partial charge in [-0.3, -0.25) is 24.0 Å². The predicted octanol–water partition coefficient (Wildman–Crippen LogP) is 3.77. The minimum Gasteiger partial charge on any atom is -0.321 e. The molecule has 1 heterocycles. The number of nitrogens with zero attached hydrogens (tertiary/aromatic N) is 3. The van der Waals surface area contributed by atoms with Gasteiger partial charge in [0.25, 0.3) is 11.6 Å². The van der Waals surface area contributed by atoms with Crippen molar-refractivity contribution in [1.82, 2.24) is 9.13 Å². The van der Waals surface area contributed by atoms with Crippen LogP contribution in [0.5, 0.6) is 0 Å². The van der Waals surface area contributed by atoms with Gasteiger partial charge < -0.3 is 5.32 Å². The SMILES string of the molecule is CCn1c(=O)n(CC)c2cc(NC(=O)c3ccccc3[N+](=O)[O-])c(Br)cc21. The van der Waals surface area contributed by atoms with Crippen molar-refractivity contribution in [1.29, 1.82) is 0 Å². The maximum absolute atomic E-state index is 12.6. The van der Waals surface area contributed by atoms with Crippen LogP contribution in [0.2, 0.25) is 0 Å². The van der Waals surface area contributed by atoms with E-state index in [1.54, 1.807) is 27.3 Å². The number of halogens is 1. The second-order valence-corrected chi connectivity index (χ2v) is 6.67. The normalized spacial score (nSPS) is 10.9. The molecule has 1 aromatic heterocycles. The number of nitrogens with one attached hydrogen (secondary N) is 1. The summed E-state index contributed by atoms with van der Waals surface area (Å²) in [4.78, 5) is 35.6. The number of imidazole rings is 1. The quantitative estimate of drug-likeness (QED) is 0.489. The Hall–Kier alpha value is -2.94. The molecular weight excluding hydrogens is 416 g/mol. The first-order valence-corrected chi connectivity index (χ1v) is 9.15. The number of aromatic nitrogens is 2. The first kappa shape index (κ1) is 18.8. The van der Waals surface area contributed by atoms with Gasteiger partial charge in [0.1, 0.15) is 5.56 Å². The number of carbonyl (C=O) groups is 1. The highest BCUT2D eigenvalue weighted by Crippen LogP contribution is 2.29. The first-order chi connectivity index (χ1) is 12.9. The molecule has 9 heteroatoms. The molecule has 27 heavy (non-hydrogen) atoms. The summed E-state index contributed by atoms with van der Waals surface area (Å²) in [5, 5.41) is 13.8. The highest BCUT2D eigenvalue weighted by molar-refractivity contribution is 9.10. The topological polar surface area (TPSA) is 99.2 Å². The van der Waals surface area contributed by atoms with Crippen molar-refractivity contribution in [3.05, 3.63) is 67.0 Å². The number of hydrogen-bond donors (Lipinski definition) is 1. The van der Waals surface area contributed by atoms with Gasteiger partial charge in [-0.2, -0.15) is 0 Å². The van der Waals surface area contributed by atoms with E-state index in [1.165, 1.54) is 18.2 Å². The van der Waals surface area contributed by atoms with Crippen LogP contribution in [0, 0.1) is 10.1 Å². The Bertz CT molecular complexity index is 1120. The molecule has 1 N–H and O–H groups in total. The van der Waals surface area contributed by atoms with Gasteiger partial charge in [-0.1, -0.05) is 12.1 Å². The molecule has 3 rings (SSSR count). The van der Waals surface area contributed by atoms with Crippen LogP contribution in [0.4, 0.5) is 11.4 Å². The molecule has 0 unspecified atom stereocenters. The van der Waals surface area contributed by atoms with Crippen LogP contribution in [0.1, 0.15) is 24.2 Å². The number of benzene rings is 2. The van der Waals surface area contributed by atoms with Crippen LogP contribution in [0.3, 0.4) is 0 Å². The van der Waals surface area contributed by atoms with E-state index in [1.807, 2.05) is 13.8 Å². The average Bonchev–Trinajstić information content (AvgIpc) is 2.91. The largest absolute Gasteiger partial charge is 0.329 e. The highest BCUT2D eigenvalue weighted by atomic mass is 79.9. The second kappa shape index (κ2) is 7.36. The smallest absolute Gasteiger partial charge is 0.321 e. The molecule has 8 nitrogen and oxygen atoms in total. The number of nitro groups is 1. The third-order valence-corrected chi connectivity index (χ3v) is 4.99. The number of aryl methyl sites for hydroxylation is 2.